The van der Waals surface area contributed by atoms with E-state index in [-0.39, 0.29) is 10.6 Å². The van der Waals surface area contributed by atoms with E-state index >= 15 is 0 Å². The number of nitro groups is 1. The quantitative estimate of drug-likeness (QED) is 0.345. The second kappa shape index (κ2) is 8.53. The molecule has 0 saturated carbocycles. The van der Waals surface area contributed by atoms with Gasteiger partial charge in [-0.3, -0.25) is 20.3 Å². The van der Waals surface area contributed by atoms with E-state index in [0.29, 0.717) is 16.9 Å². The highest BCUT2D eigenvalue weighted by atomic mass is 32.2. The summed E-state index contributed by atoms with van der Waals surface area (Å²) in [6.45, 7) is 1.88. The molecule has 29 heavy (non-hydrogen) atoms. The van der Waals surface area contributed by atoms with Crippen LogP contribution >= 0.6 is 0 Å². The molecule has 9 heteroatoms. The van der Waals surface area contributed by atoms with Crippen LogP contribution in [0, 0.1) is 17.0 Å². The third-order valence-corrected chi connectivity index (χ3v) is 5.40. The number of nitrogens with one attached hydrogen (secondary N) is 2. The molecule has 0 heterocycles. The summed E-state index contributed by atoms with van der Waals surface area (Å²) in [6, 6.07) is 19.3. The summed E-state index contributed by atoms with van der Waals surface area (Å²) < 4.78 is 27.3. The molecule has 0 spiro atoms. The molecular formula is C20H18N4O4S. The lowest BCUT2D eigenvalue weighted by Crippen LogP contribution is -2.12. The molecule has 0 aliphatic carbocycles. The van der Waals surface area contributed by atoms with Gasteiger partial charge in [0.2, 0.25) is 0 Å². The zero-order valence-corrected chi connectivity index (χ0v) is 16.3. The lowest BCUT2D eigenvalue weighted by atomic mass is 10.2. The highest BCUT2D eigenvalue weighted by Crippen LogP contribution is 2.19. The molecule has 0 unspecified atom stereocenters. The Labute approximate surface area is 168 Å². The molecule has 0 atom stereocenters. The van der Waals surface area contributed by atoms with Gasteiger partial charge in [0.05, 0.1) is 27.3 Å². The molecule has 3 rings (SSSR count). The zero-order valence-electron chi connectivity index (χ0n) is 15.4. The third kappa shape index (κ3) is 5.17. The van der Waals surface area contributed by atoms with Gasteiger partial charge in [0, 0.05) is 11.8 Å². The van der Waals surface area contributed by atoms with E-state index in [1.54, 1.807) is 66.7 Å². The number of sulfonamides is 1. The molecular weight excluding hydrogens is 392 g/mol. The number of rotatable bonds is 7. The summed E-state index contributed by atoms with van der Waals surface area (Å²) in [7, 11) is -3.67. The molecule has 0 aliphatic heterocycles. The first kappa shape index (κ1) is 20.0. The first-order valence-electron chi connectivity index (χ1n) is 8.57. The maximum absolute atomic E-state index is 12.4. The van der Waals surface area contributed by atoms with Crippen molar-refractivity contribution in [3.8, 4) is 0 Å². The van der Waals surface area contributed by atoms with Crippen molar-refractivity contribution in [2.24, 2.45) is 5.10 Å². The summed E-state index contributed by atoms with van der Waals surface area (Å²) >= 11 is 0. The first-order chi connectivity index (χ1) is 13.8. The summed E-state index contributed by atoms with van der Waals surface area (Å²) in [4.78, 5) is 10.7. The molecule has 148 valence electrons. The van der Waals surface area contributed by atoms with Crippen LogP contribution in [0.15, 0.2) is 82.8 Å². The molecule has 0 radical (unpaired) electrons. The number of nitrogens with zero attached hydrogens (tertiary/aromatic N) is 2. The van der Waals surface area contributed by atoms with Crippen molar-refractivity contribution in [3.05, 3.63) is 94.0 Å². The molecule has 0 aromatic heterocycles. The Hall–Kier alpha value is -3.72. The number of hydrogen-bond acceptors (Lipinski definition) is 6. The molecule has 0 amide bonds. The van der Waals surface area contributed by atoms with E-state index in [4.69, 9.17) is 0 Å². The van der Waals surface area contributed by atoms with Crippen molar-refractivity contribution in [2.45, 2.75) is 11.8 Å². The second-order valence-electron chi connectivity index (χ2n) is 6.18. The molecule has 2 N–H and O–H groups in total. The van der Waals surface area contributed by atoms with Crippen LogP contribution in [0.3, 0.4) is 0 Å². The Kier molecular flexibility index (Phi) is 5.89. The Morgan fingerprint density at radius 3 is 2.21 bits per heavy atom. The zero-order chi connectivity index (χ0) is 20.9. The number of nitro benzene ring substituents is 1. The van der Waals surface area contributed by atoms with Crippen molar-refractivity contribution >= 4 is 33.3 Å². The van der Waals surface area contributed by atoms with E-state index < -0.39 is 14.9 Å². The maximum atomic E-state index is 12.4. The van der Waals surface area contributed by atoms with E-state index in [2.05, 4.69) is 15.2 Å². The minimum Gasteiger partial charge on any atom is -0.280 e. The fourth-order valence-electron chi connectivity index (χ4n) is 2.48. The van der Waals surface area contributed by atoms with Crippen molar-refractivity contribution < 1.29 is 13.3 Å². The Balaban J connectivity index is 1.66. The standard InChI is InChI=1S/C20H18N4O4S/c1-15-6-12-19(13-7-15)29(27,28)23-18-10-8-17(9-11-18)22-21-14-16-4-2-3-5-20(16)24(25)26/h2-14,22-23H,1H3/b21-14-. The number of hydrazone groups is 1. The van der Waals surface area contributed by atoms with Gasteiger partial charge in [-0.05, 0) is 49.4 Å². The van der Waals surface area contributed by atoms with Crippen LogP contribution in [0.2, 0.25) is 0 Å². The monoisotopic (exact) mass is 410 g/mol. The number of benzene rings is 3. The molecule has 3 aromatic carbocycles. The summed E-state index contributed by atoms with van der Waals surface area (Å²) in [6.07, 6.45) is 1.35. The smallest absolute Gasteiger partial charge is 0.278 e. The van der Waals surface area contributed by atoms with Crippen molar-refractivity contribution in [3.63, 3.8) is 0 Å². The molecule has 0 saturated heterocycles. The number of aryl methyl sites for hydroxylation is 1. The maximum Gasteiger partial charge on any atom is 0.278 e. The van der Waals surface area contributed by atoms with Crippen LogP contribution in [0.5, 0.6) is 0 Å². The van der Waals surface area contributed by atoms with Gasteiger partial charge < -0.3 is 0 Å². The largest absolute Gasteiger partial charge is 0.280 e. The van der Waals surface area contributed by atoms with Crippen molar-refractivity contribution in [1.82, 2.24) is 0 Å². The van der Waals surface area contributed by atoms with Crippen molar-refractivity contribution in [2.75, 3.05) is 10.1 Å². The summed E-state index contributed by atoms with van der Waals surface area (Å²) in [5.41, 5.74) is 5.05. The van der Waals surface area contributed by atoms with Crippen molar-refractivity contribution in [1.29, 1.82) is 0 Å². The number of para-hydroxylation sites is 1. The molecule has 0 fully saturated rings. The van der Waals surface area contributed by atoms with E-state index in [9.17, 15) is 18.5 Å². The highest BCUT2D eigenvalue weighted by molar-refractivity contribution is 7.92. The summed E-state index contributed by atoms with van der Waals surface area (Å²) in [5.74, 6) is 0. The van der Waals surface area contributed by atoms with Crippen LogP contribution in [0.4, 0.5) is 17.1 Å². The fraction of sp³-hybridized carbons (Fsp3) is 0.0500. The van der Waals surface area contributed by atoms with Crippen LogP contribution in [0.1, 0.15) is 11.1 Å². The molecule has 0 aliphatic rings. The fourth-order valence-corrected chi connectivity index (χ4v) is 3.54. The third-order valence-electron chi connectivity index (χ3n) is 4.00. The van der Waals surface area contributed by atoms with Crippen LogP contribution in [-0.2, 0) is 10.0 Å². The summed E-state index contributed by atoms with van der Waals surface area (Å²) in [5, 5.41) is 15.0. The van der Waals surface area contributed by atoms with Gasteiger partial charge in [0.15, 0.2) is 0 Å². The van der Waals surface area contributed by atoms with E-state index in [1.807, 2.05) is 6.92 Å². The average Bonchev–Trinajstić information content (AvgIpc) is 2.70. The second-order valence-corrected chi connectivity index (χ2v) is 7.86. The predicted molar refractivity (Wildman–Crippen MR) is 113 cm³/mol. The average molecular weight is 410 g/mol. The van der Waals surface area contributed by atoms with Gasteiger partial charge in [-0.25, -0.2) is 8.42 Å². The lowest BCUT2D eigenvalue weighted by Gasteiger charge is -2.09. The van der Waals surface area contributed by atoms with Gasteiger partial charge in [-0.15, -0.1) is 0 Å². The van der Waals surface area contributed by atoms with Crippen LogP contribution in [0.25, 0.3) is 0 Å². The Bertz CT molecular complexity index is 1140. The highest BCUT2D eigenvalue weighted by Gasteiger charge is 2.13. The first-order valence-corrected chi connectivity index (χ1v) is 10.1. The van der Waals surface area contributed by atoms with Gasteiger partial charge in [-0.2, -0.15) is 5.10 Å². The lowest BCUT2D eigenvalue weighted by molar-refractivity contribution is -0.385. The minimum absolute atomic E-state index is 0.0427. The van der Waals surface area contributed by atoms with Gasteiger partial charge in [0.25, 0.3) is 15.7 Å². The molecule has 0 bridgehead atoms. The number of anilines is 2. The van der Waals surface area contributed by atoms with Crippen LogP contribution in [-0.4, -0.2) is 19.6 Å². The number of hydrogen-bond donors (Lipinski definition) is 2. The van der Waals surface area contributed by atoms with Gasteiger partial charge in [-0.1, -0.05) is 29.8 Å². The van der Waals surface area contributed by atoms with E-state index in [1.165, 1.54) is 12.3 Å². The normalized spacial score (nSPS) is 11.3. The van der Waals surface area contributed by atoms with Gasteiger partial charge >= 0.3 is 0 Å². The van der Waals surface area contributed by atoms with Gasteiger partial charge in [0.1, 0.15) is 0 Å². The topological polar surface area (TPSA) is 114 Å². The molecule has 8 nitrogen and oxygen atoms in total. The SMILES string of the molecule is Cc1ccc(S(=O)(=O)Nc2ccc(N/N=C\c3ccccc3[N+](=O)[O-])cc2)cc1. The minimum atomic E-state index is -3.67. The Morgan fingerprint density at radius 1 is 0.931 bits per heavy atom. The molecule has 3 aromatic rings. The van der Waals surface area contributed by atoms with Crippen LogP contribution < -0.4 is 10.1 Å². The Morgan fingerprint density at radius 2 is 1.55 bits per heavy atom. The van der Waals surface area contributed by atoms with E-state index in [0.717, 1.165) is 5.56 Å². The predicted octanol–water partition coefficient (Wildman–Crippen LogP) is 4.15.